The number of hydrogen-bond acceptors (Lipinski definition) is 1. The third-order valence-corrected chi connectivity index (χ3v) is 9.99. The Labute approximate surface area is 262 Å². The molecule has 0 bridgehead atoms. The number of rotatable bonds is 3. The van der Waals surface area contributed by atoms with Crippen molar-refractivity contribution >= 4 is 45.0 Å². The molecule has 208 valence electrons. The van der Waals surface area contributed by atoms with E-state index in [4.69, 9.17) is 4.42 Å². The standard InChI is InChI=1S/C43H27BO/c1-2-8-27(9-3-1)28-14-16-31-22-32-17-15-29(24-37(32)36(31)23-28)30-18-20-42-38(25-30)39-26-33(19-21-43(39)45-42)44-40-12-6-4-10-34(40)35-11-5-7-13-41(35)44/h1-21,23-26H,22H2. The predicted molar refractivity (Wildman–Crippen MR) is 189 cm³/mol. The second-order valence-corrected chi connectivity index (χ2v) is 12.5. The molecule has 7 aromatic carbocycles. The smallest absolute Gasteiger partial charge is 0.242 e. The van der Waals surface area contributed by atoms with Gasteiger partial charge < -0.3 is 4.42 Å². The highest BCUT2D eigenvalue weighted by molar-refractivity contribution is 6.99. The quantitative estimate of drug-likeness (QED) is 0.193. The Morgan fingerprint density at radius 3 is 1.62 bits per heavy atom. The molecule has 1 nitrogen and oxygen atoms in total. The fourth-order valence-electron chi connectivity index (χ4n) is 7.83. The highest BCUT2D eigenvalue weighted by Gasteiger charge is 2.33. The van der Waals surface area contributed by atoms with E-state index in [0.29, 0.717) is 0 Å². The lowest BCUT2D eigenvalue weighted by Crippen LogP contribution is -2.48. The van der Waals surface area contributed by atoms with Crippen LogP contribution in [0.4, 0.5) is 0 Å². The second kappa shape index (κ2) is 9.45. The topological polar surface area (TPSA) is 13.1 Å². The summed E-state index contributed by atoms with van der Waals surface area (Å²) in [5, 5.41) is 2.33. The molecule has 1 aliphatic carbocycles. The van der Waals surface area contributed by atoms with Crippen LogP contribution in [0.2, 0.25) is 0 Å². The minimum absolute atomic E-state index is 0.215. The Hall–Kier alpha value is -5.60. The maximum absolute atomic E-state index is 6.38. The first-order valence-electron chi connectivity index (χ1n) is 15.7. The van der Waals surface area contributed by atoms with Gasteiger partial charge in [0.15, 0.2) is 0 Å². The van der Waals surface area contributed by atoms with Crippen molar-refractivity contribution in [2.24, 2.45) is 0 Å². The van der Waals surface area contributed by atoms with Gasteiger partial charge in [0.2, 0.25) is 6.71 Å². The Bertz CT molecular complexity index is 2420. The van der Waals surface area contributed by atoms with Crippen LogP contribution >= 0.6 is 0 Å². The van der Waals surface area contributed by atoms with Crippen molar-refractivity contribution in [3.05, 3.63) is 163 Å². The summed E-state index contributed by atoms with van der Waals surface area (Å²) in [5.41, 5.74) is 19.1. The first-order valence-corrected chi connectivity index (χ1v) is 15.7. The fraction of sp³-hybridized carbons (Fsp3) is 0.0233. The van der Waals surface area contributed by atoms with Gasteiger partial charge in [0.1, 0.15) is 11.2 Å². The van der Waals surface area contributed by atoms with Crippen LogP contribution in [0.5, 0.6) is 0 Å². The number of furan rings is 1. The maximum Gasteiger partial charge on any atom is 0.242 e. The number of benzene rings is 7. The van der Waals surface area contributed by atoms with E-state index in [1.165, 1.54) is 77.4 Å². The predicted octanol–water partition coefficient (Wildman–Crippen LogP) is 8.99. The molecule has 2 heterocycles. The highest BCUT2D eigenvalue weighted by Crippen LogP contribution is 2.41. The van der Waals surface area contributed by atoms with Gasteiger partial charge in [-0.2, -0.15) is 0 Å². The first kappa shape index (κ1) is 24.8. The van der Waals surface area contributed by atoms with Crippen LogP contribution in [0.25, 0.3) is 66.4 Å². The molecule has 45 heavy (non-hydrogen) atoms. The van der Waals surface area contributed by atoms with Gasteiger partial charge in [-0.1, -0.05) is 138 Å². The van der Waals surface area contributed by atoms with Crippen molar-refractivity contribution in [3.63, 3.8) is 0 Å². The molecule has 0 spiro atoms. The first-order chi connectivity index (χ1) is 22.3. The third kappa shape index (κ3) is 3.76. The van der Waals surface area contributed by atoms with E-state index in [-0.39, 0.29) is 6.71 Å². The average molecular weight is 571 g/mol. The van der Waals surface area contributed by atoms with Gasteiger partial charge >= 0.3 is 0 Å². The summed E-state index contributed by atoms with van der Waals surface area (Å²) in [7, 11) is 0. The molecule has 1 aliphatic heterocycles. The van der Waals surface area contributed by atoms with Crippen LogP contribution in [-0.4, -0.2) is 6.71 Å². The molecular weight excluding hydrogens is 543 g/mol. The summed E-state index contributed by atoms with van der Waals surface area (Å²) in [6.07, 6.45) is 0.988. The molecule has 0 amide bonds. The largest absolute Gasteiger partial charge is 0.456 e. The van der Waals surface area contributed by atoms with Gasteiger partial charge in [0.05, 0.1) is 0 Å². The summed E-state index contributed by atoms with van der Waals surface area (Å²) in [5.74, 6) is 0. The Morgan fingerprint density at radius 1 is 0.400 bits per heavy atom. The molecule has 0 saturated heterocycles. The molecule has 10 rings (SSSR count). The molecule has 0 N–H and O–H groups in total. The molecule has 1 aromatic heterocycles. The molecule has 2 heteroatoms. The van der Waals surface area contributed by atoms with Gasteiger partial charge in [-0.15, -0.1) is 0 Å². The van der Waals surface area contributed by atoms with Crippen LogP contribution in [-0.2, 0) is 6.42 Å². The summed E-state index contributed by atoms with van der Waals surface area (Å²) in [6, 6.07) is 55.7. The Morgan fingerprint density at radius 2 is 0.933 bits per heavy atom. The van der Waals surface area contributed by atoms with Gasteiger partial charge in [0, 0.05) is 10.8 Å². The normalized spacial score (nSPS) is 12.8. The van der Waals surface area contributed by atoms with Crippen LogP contribution < -0.4 is 16.4 Å². The van der Waals surface area contributed by atoms with Crippen molar-refractivity contribution < 1.29 is 4.42 Å². The number of fused-ring (bicyclic) bond motifs is 9. The van der Waals surface area contributed by atoms with Gasteiger partial charge in [-0.3, -0.25) is 0 Å². The number of hydrogen-bond donors (Lipinski definition) is 0. The van der Waals surface area contributed by atoms with Crippen LogP contribution in [0.3, 0.4) is 0 Å². The lowest BCUT2D eigenvalue weighted by molar-refractivity contribution is 0.669. The average Bonchev–Trinajstić information content (AvgIpc) is 3.77. The third-order valence-electron chi connectivity index (χ3n) is 9.99. The van der Waals surface area contributed by atoms with E-state index in [9.17, 15) is 0 Å². The molecule has 0 unspecified atom stereocenters. The molecule has 0 saturated carbocycles. The molecule has 8 aromatic rings. The second-order valence-electron chi connectivity index (χ2n) is 12.5. The molecule has 0 fully saturated rings. The zero-order valence-electron chi connectivity index (χ0n) is 24.6. The SMILES string of the molecule is c1ccc(-c2ccc3c(c2)-c2cc(-c4ccc5oc6ccc(B7c8ccccc8-c8ccccc87)cc6c5c4)ccc2C3)cc1. The van der Waals surface area contributed by atoms with Crippen molar-refractivity contribution in [1.29, 1.82) is 0 Å². The molecule has 0 radical (unpaired) electrons. The zero-order valence-corrected chi connectivity index (χ0v) is 24.6. The molecule has 0 atom stereocenters. The van der Waals surface area contributed by atoms with E-state index in [1.54, 1.807) is 0 Å². The maximum atomic E-state index is 6.38. The molecule has 2 aliphatic rings. The fourth-order valence-corrected chi connectivity index (χ4v) is 7.83. The summed E-state index contributed by atoms with van der Waals surface area (Å²) >= 11 is 0. The van der Waals surface area contributed by atoms with Gasteiger partial charge in [0.25, 0.3) is 0 Å². The minimum Gasteiger partial charge on any atom is -0.456 e. The van der Waals surface area contributed by atoms with Crippen molar-refractivity contribution in [1.82, 2.24) is 0 Å². The van der Waals surface area contributed by atoms with Crippen LogP contribution in [0.1, 0.15) is 11.1 Å². The van der Waals surface area contributed by atoms with Gasteiger partial charge in [-0.25, -0.2) is 0 Å². The molecular formula is C43H27BO. The van der Waals surface area contributed by atoms with Crippen LogP contribution in [0.15, 0.2) is 156 Å². The monoisotopic (exact) mass is 570 g/mol. The van der Waals surface area contributed by atoms with E-state index in [0.717, 1.165) is 23.0 Å². The van der Waals surface area contributed by atoms with Crippen molar-refractivity contribution in [3.8, 4) is 44.5 Å². The lowest BCUT2D eigenvalue weighted by Gasteiger charge is -2.11. The summed E-state index contributed by atoms with van der Waals surface area (Å²) < 4.78 is 6.38. The van der Waals surface area contributed by atoms with E-state index >= 15 is 0 Å². The van der Waals surface area contributed by atoms with Crippen molar-refractivity contribution in [2.75, 3.05) is 0 Å². The van der Waals surface area contributed by atoms with E-state index in [2.05, 4.69) is 152 Å². The highest BCUT2D eigenvalue weighted by atomic mass is 16.3. The zero-order chi connectivity index (χ0) is 29.5. The van der Waals surface area contributed by atoms with E-state index in [1.807, 2.05) is 0 Å². The summed E-state index contributed by atoms with van der Waals surface area (Å²) in [4.78, 5) is 0. The van der Waals surface area contributed by atoms with Crippen LogP contribution in [0, 0.1) is 0 Å². The summed E-state index contributed by atoms with van der Waals surface area (Å²) in [6.45, 7) is 0.215. The van der Waals surface area contributed by atoms with E-state index < -0.39 is 0 Å². The van der Waals surface area contributed by atoms with Crippen molar-refractivity contribution in [2.45, 2.75) is 6.42 Å². The Kier molecular flexibility index (Phi) is 5.21. The minimum atomic E-state index is 0.215. The lowest BCUT2D eigenvalue weighted by atomic mass is 9.39. The van der Waals surface area contributed by atoms with Gasteiger partial charge in [-0.05, 0) is 92.4 Å². The Balaban J connectivity index is 1.08.